The van der Waals surface area contributed by atoms with Gasteiger partial charge in [-0.15, -0.1) is 5.73 Å². The third-order valence-electron chi connectivity index (χ3n) is 7.67. The van der Waals surface area contributed by atoms with Crippen molar-refractivity contribution < 1.29 is 24.2 Å². The molecule has 1 unspecified atom stereocenters. The molecule has 0 aromatic heterocycles. The Balaban J connectivity index is 1.47. The van der Waals surface area contributed by atoms with Crippen LogP contribution < -0.4 is 10.1 Å². The summed E-state index contributed by atoms with van der Waals surface area (Å²) in [5.41, 5.74) is 5.60. The topological polar surface area (TPSA) is 106 Å². The second-order valence-corrected chi connectivity index (χ2v) is 10.5. The van der Waals surface area contributed by atoms with Crippen LogP contribution in [-0.2, 0) is 22.6 Å². The minimum atomic E-state index is -0.736. The van der Waals surface area contributed by atoms with Crippen molar-refractivity contribution in [1.82, 2.24) is 25.1 Å². The Morgan fingerprint density at radius 1 is 1.10 bits per heavy atom. The van der Waals surface area contributed by atoms with Gasteiger partial charge in [0.1, 0.15) is 17.7 Å². The second kappa shape index (κ2) is 12.8. The summed E-state index contributed by atoms with van der Waals surface area (Å²) in [7, 11) is 3.29. The van der Waals surface area contributed by atoms with E-state index in [4.69, 9.17) is 4.74 Å². The molecule has 42 heavy (non-hydrogen) atoms. The van der Waals surface area contributed by atoms with Crippen LogP contribution in [0.5, 0.6) is 11.5 Å². The smallest absolute Gasteiger partial charge is 0.334 e. The average molecular weight is 570 g/mol. The summed E-state index contributed by atoms with van der Waals surface area (Å²) >= 11 is 0. The number of nitrogens with one attached hydrogen (secondary N) is 1. The van der Waals surface area contributed by atoms with E-state index in [-0.39, 0.29) is 56.2 Å². The summed E-state index contributed by atoms with van der Waals surface area (Å²) in [5.74, 6) is 0.516. The van der Waals surface area contributed by atoms with Crippen molar-refractivity contribution in [1.29, 1.82) is 0 Å². The molecule has 5 rings (SSSR count). The molecule has 4 amide bonds. The molecule has 10 nitrogen and oxygen atoms in total. The molecular weight excluding hydrogens is 534 g/mol. The fraction of sp³-hybridized carbons (Fsp3) is 0.312. The Hall–Kier alpha value is -4.79. The molecule has 0 saturated carbocycles. The fourth-order valence-corrected chi connectivity index (χ4v) is 5.63. The number of allylic oxidation sites excluding steroid dienone is 3. The number of carbonyl (C=O) groups excluding carboxylic acids is 3. The number of amides is 4. The lowest BCUT2D eigenvalue weighted by Gasteiger charge is -2.49. The number of hydrogen-bond acceptors (Lipinski definition) is 6. The Morgan fingerprint density at radius 2 is 1.88 bits per heavy atom. The van der Waals surface area contributed by atoms with E-state index in [9.17, 15) is 19.5 Å². The molecule has 1 aliphatic carbocycles. The molecule has 10 heteroatoms. The number of hydrogen-bond donors (Lipinski definition) is 2. The minimum Gasteiger partial charge on any atom is -0.508 e. The first-order valence-corrected chi connectivity index (χ1v) is 13.9. The maximum absolute atomic E-state index is 13.8. The number of nitrogens with zero attached hydrogens (tertiary/aromatic N) is 4. The van der Waals surface area contributed by atoms with Crippen molar-refractivity contribution in [2.45, 2.75) is 31.6 Å². The van der Waals surface area contributed by atoms with E-state index < -0.39 is 12.2 Å². The van der Waals surface area contributed by atoms with Crippen molar-refractivity contribution in [2.75, 3.05) is 33.8 Å². The number of fused-ring (bicyclic) bond motifs is 1. The molecule has 2 heterocycles. The highest BCUT2D eigenvalue weighted by Crippen LogP contribution is 2.30. The second-order valence-electron chi connectivity index (χ2n) is 10.5. The minimum absolute atomic E-state index is 0.00798. The number of phenolic OH excluding ortho intramolecular Hbond substituents is 1. The Morgan fingerprint density at radius 3 is 2.67 bits per heavy atom. The lowest BCUT2D eigenvalue weighted by molar-refractivity contribution is -0.168. The lowest BCUT2D eigenvalue weighted by Crippen LogP contribution is -2.70. The monoisotopic (exact) mass is 569 g/mol. The summed E-state index contributed by atoms with van der Waals surface area (Å²) < 4.78 is 5.54. The molecule has 2 fully saturated rings. The number of ether oxygens (including phenoxy) is 1. The van der Waals surface area contributed by atoms with E-state index in [1.807, 2.05) is 42.5 Å². The fourth-order valence-electron chi connectivity index (χ4n) is 5.63. The van der Waals surface area contributed by atoms with Gasteiger partial charge in [0, 0.05) is 38.2 Å². The molecule has 2 N–H and O–H groups in total. The van der Waals surface area contributed by atoms with Crippen LogP contribution in [0.1, 0.15) is 17.5 Å². The number of carbonyl (C=O) groups is 3. The van der Waals surface area contributed by atoms with Gasteiger partial charge in [-0.25, -0.2) is 14.8 Å². The summed E-state index contributed by atoms with van der Waals surface area (Å²) in [6, 6.07) is 13.4. The zero-order valence-electron chi connectivity index (χ0n) is 23.8. The Kier molecular flexibility index (Phi) is 8.76. The molecule has 0 bridgehead atoms. The zero-order chi connectivity index (χ0) is 29.6. The van der Waals surface area contributed by atoms with Gasteiger partial charge < -0.3 is 25.0 Å². The standard InChI is InChI=1S/C32H35N5O5/c1-34-22-31(40)36-26(17-23-13-15-27(38)16-14-23)18-30(39)35(20-25-11-7-8-12-28(25)42-2)21-29(36)37(34)32(41)33-19-24-9-5-3-4-6-10-24/h3,5-16,26,29,38H,17-22H2,1-2H3,(H,33,41)/t26-,29?/m0/s1. The van der Waals surface area contributed by atoms with Crippen LogP contribution >= 0.6 is 0 Å². The molecule has 2 aromatic rings. The quantitative estimate of drug-likeness (QED) is 0.497. The molecule has 0 radical (unpaired) electrons. The number of phenols is 1. The van der Waals surface area contributed by atoms with Gasteiger partial charge in [-0.1, -0.05) is 42.5 Å². The van der Waals surface area contributed by atoms with E-state index in [1.54, 1.807) is 70.4 Å². The van der Waals surface area contributed by atoms with Gasteiger partial charge in [-0.2, -0.15) is 0 Å². The number of likely N-dealkylation sites (N-methyl/N-ethyl adjacent to an activating group) is 1. The first-order chi connectivity index (χ1) is 20.3. The maximum Gasteiger partial charge on any atom is 0.334 e. The first-order valence-electron chi connectivity index (χ1n) is 13.9. The van der Waals surface area contributed by atoms with Gasteiger partial charge in [0.2, 0.25) is 11.8 Å². The van der Waals surface area contributed by atoms with Gasteiger partial charge in [0.05, 0.1) is 20.2 Å². The molecule has 2 saturated heterocycles. The third-order valence-corrected chi connectivity index (χ3v) is 7.67. The SMILES string of the molecule is COc1ccccc1CN1CC2N(C(=O)CN(C)N2C(=O)NCC2=CC=C=CC=C2)[C@@H](Cc2ccc(O)cc2)CC1=O. The number of benzene rings is 2. The number of aromatic hydroxyl groups is 1. The van der Waals surface area contributed by atoms with Gasteiger partial charge in [-0.05, 0) is 54.0 Å². The number of para-hydroxylation sites is 1. The highest BCUT2D eigenvalue weighted by atomic mass is 16.5. The van der Waals surface area contributed by atoms with Crippen molar-refractivity contribution in [3.8, 4) is 11.5 Å². The van der Waals surface area contributed by atoms with Gasteiger partial charge >= 0.3 is 6.03 Å². The number of rotatable bonds is 7. The molecular formula is C32H35N5O5. The van der Waals surface area contributed by atoms with Gasteiger partial charge in [0.15, 0.2) is 0 Å². The van der Waals surface area contributed by atoms with Crippen LogP contribution in [0.25, 0.3) is 0 Å². The summed E-state index contributed by atoms with van der Waals surface area (Å²) in [4.78, 5) is 44.6. The third kappa shape index (κ3) is 6.40. The lowest BCUT2D eigenvalue weighted by atomic mass is 10.0. The van der Waals surface area contributed by atoms with Crippen LogP contribution in [-0.4, -0.2) is 88.8 Å². The predicted octanol–water partition coefficient (Wildman–Crippen LogP) is 2.98. The molecule has 0 spiro atoms. The maximum atomic E-state index is 13.8. The summed E-state index contributed by atoms with van der Waals surface area (Å²) in [5, 5.41) is 15.9. The number of urea groups is 1. The van der Waals surface area contributed by atoms with Gasteiger partial charge in [-0.3, -0.25) is 9.59 Å². The molecule has 3 aliphatic rings. The normalized spacial score (nSPS) is 20.6. The largest absolute Gasteiger partial charge is 0.508 e. The Labute approximate surface area is 245 Å². The molecule has 2 aliphatic heterocycles. The molecule has 2 atom stereocenters. The first kappa shape index (κ1) is 28.7. The molecule has 2 aromatic carbocycles. The van der Waals surface area contributed by atoms with E-state index in [0.717, 1.165) is 16.7 Å². The van der Waals surface area contributed by atoms with Crippen LogP contribution in [0.4, 0.5) is 4.79 Å². The predicted molar refractivity (Wildman–Crippen MR) is 157 cm³/mol. The Bertz CT molecular complexity index is 1460. The van der Waals surface area contributed by atoms with Crippen molar-refractivity contribution in [3.05, 3.63) is 101 Å². The van der Waals surface area contributed by atoms with E-state index in [0.29, 0.717) is 12.2 Å². The summed E-state index contributed by atoms with van der Waals surface area (Å²) in [6.07, 6.45) is 8.97. The van der Waals surface area contributed by atoms with E-state index >= 15 is 0 Å². The van der Waals surface area contributed by atoms with Crippen molar-refractivity contribution in [2.24, 2.45) is 0 Å². The van der Waals surface area contributed by atoms with Crippen LogP contribution in [0.3, 0.4) is 0 Å². The highest BCUT2D eigenvalue weighted by molar-refractivity contribution is 5.85. The summed E-state index contributed by atoms with van der Waals surface area (Å²) in [6.45, 7) is 0.671. The average Bonchev–Trinajstić information content (AvgIpc) is 3.31. The zero-order valence-corrected chi connectivity index (χ0v) is 23.8. The van der Waals surface area contributed by atoms with Crippen LogP contribution in [0.2, 0.25) is 0 Å². The van der Waals surface area contributed by atoms with Crippen molar-refractivity contribution in [3.63, 3.8) is 0 Å². The van der Waals surface area contributed by atoms with Gasteiger partial charge in [0.25, 0.3) is 0 Å². The van der Waals surface area contributed by atoms with Crippen LogP contribution in [0, 0.1) is 0 Å². The number of hydrazine groups is 1. The highest BCUT2D eigenvalue weighted by Gasteiger charge is 2.47. The van der Waals surface area contributed by atoms with E-state index in [1.165, 1.54) is 0 Å². The molecule has 218 valence electrons. The number of methoxy groups -OCH3 is 1. The van der Waals surface area contributed by atoms with E-state index in [2.05, 4.69) is 11.0 Å². The van der Waals surface area contributed by atoms with Crippen LogP contribution in [0.15, 0.2) is 90.2 Å². The van der Waals surface area contributed by atoms with Crippen molar-refractivity contribution >= 4 is 17.8 Å².